The number of benzene rings is 2. The molecule has 0 spiro atoms. The summed E-state index contributed by atoms with van der Waals surface area (Å²) in [6, 6.07) is 12.1. The maximum absolute atomic E-state index is 13.2. The molecule has 0 atom stereocenters. The molecule has 0 aliphatic carbocycles. The molecule has 192 valence electrons. The van der Waals surface area contributed by atoms with E-state index < -0.39 is 0 Å². The SMILES string of the molecule is Cc1ccc(NC(=O)CN2CCC(C(=O)N3CCN(Cc4ccc5c(c4)OCO5)CC3)CC2)c(C)c1. The molecule has 2 aromatic rings. The molecule has 2 saturated heterocycles. The second kappa shape index (κ2) is 10.9. The van der Waals surface area contributed by atoms with E-state index in [0.29, 0.717) is 13.3 Å². The molecule has 36 heavy (non-hydrogen) atoms. The number of likely N-dealkylation sites (tertiary alicyclic amines) is 1. The fourth-order valence-corrected chi connectivity index (χ4v) is 5.37. The van der Waals surface area contributed by atoms with E-state index in [1.54, 1.807) is 0 Å². The predicted molar refractivity (Wildman–Crippen MR) is 138 cm³/mol. The monoisotopic (exact) mass is 492 g/mol. The number of hydrogen-bond acceptors (Lipinski definition) is 6. The number of piperidine rings is 1. The van der Waals surface area contributed by atoms with Gasteiger partial charge in [0, 0.05) is 44.3 Å². The Bertz CT molecular complexity index is 1100. The number of ether oxygens (including phenoxy) is 2. The summed E-state index contributed by atoms with van der Waals surface area (Å²) in [6.45, 7) is 10.4. The Morgan fingerprint density at radius 2 is 1.64 bits per heavy atom. The second-order valence-electron chi connectivity index (χ2n) is 10.2. The predicted octanol–water partition coefficient (Wildman–Crippen LogP) is 3.03. The van der Waals surface area contributed by atoms with E-state index in [1.165, 1.54) is 11.1 Å². The van der Waals surface area contributed by atoms with Crippen LogP contribution < -0.4 is 14.8 Å². The van der Waals surface area contributed by atoms with Crippen molar-refractivity contribution < 1.29 is 19.1 Å². The van der Waals surface area contributed by atoms with E-state index in [2.05, 4.69) is 33.3 Å². The minimum absolute atomic E-state index is 0.00492. The van der Waals surface area contributed by atoms with Crippen LogP contribution in [0.25, 0.3) is 0 Å². The van der Waals surface area contributed by atoms with Gasteiger partial charge in [-0.2, -0.15) is 0 Å². The highest BCUT2D eigenvalue weighted by Crippen LogP contribution is 2.33. The van der Waals surface area contributed by atoms with Gasteiger partial charge in [0.05, 0.1) is 6.54 Å². The van der Waals surface area contributed by atoms with Crippen LogP contribution in [0.2, 0.25) is 0 Å². The zero-order valence-corrected chi connectivity index (χ0v) is 21.3. The van der Waals surface area contributed by atoms with Crippen molar-refractivity contribution in [1.29, 1.82) is 0 Å². The van der Waals surface area contributed by atoms with E-state index in [9.17, 15) is 9.59 Å². The van der Waals surface area contributed by atoms with E-state index in [4.69, 9.17) is 9.47 Å². The van der Waals surface area contributed by atoms with Gasteiger partial charge in [-0.3, -0.25) is 19.4 Å². The third-order valence-corrected chi connectivity index (χ3v) is 7.49. The van der Waals surface area contributed by atoms with Crippen LogP contribution in [0.4, 0.5) is 5.69 Å². The molecular formula is C28H36N4O4. The minimum atomic E-state index is 0.00492. The van der Waals surface area contributed by atoms with Crippen molar-refractivity contribution >= 4 is 17.5 Å². The van der Waals surface area contributed by atoms with Crippen LogP contribution in [0.5, 0.6) is 11.5 Å². The summed E-state index contributed by atoms with van der Waals surface area (Å²) >= 11 is 0. The van der Waals surface area contributed by atoms with Crippen molar-refractivity contribution in [3.8, 4) is 11.5 Å². The number of amides is 2. The van der Waals surface area contributed by atoms with Crippen LogP contribution >= 0.6 is 0 Å². The highest BCUT2D eigenvalue weighted by molar-refractivity contribution is 5.93. The highest BCUT2D eigenvalue weighted by Gasteiger charge is 2.31. The molecule has 3 heterocycles. The molecule has 3 aliphatic heterocycles. The molecule has 2 amide bonds. The number of piperazine rings is 1. The van der Waals surface area contributed by atoms with Crippen LogP contribution in [-0.4, -0.2) is 79.1 Å². The topological polar surface area (TPSA) is 74.4 Å². The van der Waals surface area contributed by atoms with Crippen molar-refractivity contribution in [3.63, 3.8) is 0 Å². The Balaban J connectivity index is 1.03. The van der Waals surface area contributed by atoms with Crippen LogP contribution in [0.1, 0.15) is 29.5 Å². The van der Waals surface area contributed by atoms with Gasteiger partial charge in [-0.05, 0) is 69.1 Å². The number of nitrogens with zero attached hydrogens (tertiary/aromatic N) is 3. The first kappa shape index (κ1) is 24.6. The normalized spacial score (nSPS) is 18.9. The van der Waals surface area contributed by atoms with Crippen LogP contribution in [0.15, 0.2) is 36.4 Å². The number of carbonyl (C=O) groups excluding carboxylic acids is 2. The van der Waals surface area contributed by atoms with Crippen molar-refractivity contribution in [2.75, 3.05) is 57.9 Å². The van der Waals surface area contributed by atoms with Crippen molar-refractivity contribution in [3.05, 3.63) is 53.1 Å². The summed E-state index contributed by atoms with van der Waals surface area (Å²) in [4.78, 5) is 32.3. The third kappa shape index (κ3) is 5.82. The number of fused-ring (bicyclic) bond motifs is 1. The lowest BCUT2D eigenvalue weighted by atomic mass is 9.95. The lowest BCUT2D eigenvalue weighted by molar-refractivity contribution is -0.139. The van der Waals surface area contributed by atoms with Crippen LogP contribution in [-0.2, 0) is 16.1 Å². The highest BCUT2D eigenvalue weighted by atomic mass is 16.7. The van der Waals surface area contributed by atoms with E-state index in [0.717, 1.165) is 81.4 Å². The average molecular weight is 493 g/mol. The zero-order valence-electron chi connectivity index (χ0n) is 21.3. The first-order chi connectivity index (χ1) is 17.4. The summed E-state index contributed by atoms with van der Waals surface area (Å²) in [5.74, 6) is 1.96. The lowest BCUT2D eigenvalue weighted by Gasteiger charge is -2.38. The molecule has 1 N–H and O–H groups in total. The molecule has 0 radical (unpaired) electrons. The molecule has 5 rings (SSSR count). The number of nitrogens with one attached hydrogen (secondary N) is 1. The quantitative estimate of drug-likeness (QED) is 0.668. The minimum Gasteiger partial charge on any atom is -0.454 e. The van der Waals surface area contributed by atoms with Gasteiger partial charge in [0.15, 0.2) is 11.5 Å². The largest absolute Gasteiger partial charge is 0.454 e. The molecular weight excluding hydrogens is 456 g/mol. The van der Waals surface area contributed by atoms with Gasteiger partial charge < -0.3 is 19.7 Å². The smallest absolute Gasteiger partial charge is 0.238 e. The summed E-state index contributed by atoms with van der Waals surface area (Å²) in [5, 5.41) is 3.03. The molecule has 2 fully saturated rings. The van der Waals surface area contributed by atoms with Crippen LogP contribution in [0.3, 0.4) is 0 Å². The van der Waals surface area contributed by atoms with Crippen molar-refractivity contribution in [2.45, 2.75) is 33.2 Å². The van der Waals surface area contributed by atoms with Gasteiger partial charge >= 0.3 is 0 Å². The average Bonchev–Trinajstić information content (AvgIpc) is 3.34. The Morgan fingerprint density at radius 3 is 2.39 bits per heavy atom. The summed E-state index contributed by atoms with van der Waals surface area (Å²) in [5.41, 5.74) is 4.33. The number of aryl methyl sites for hydroxylation is 2. The Hall–Kier alpha value is -3.10. The molecule has 2 aromatic carbocycles. The summed E-state index contributed by atoms with van der Waals surface area (Å²) < 4.78 is 10.9. The van der Waals surface area contributed by atoms with E-state index in [1.807, 2.05) is 36.9 Å². The molecule has 8 heteroatoms. The number of hydrogen-bond donors (Lipinski definition) is 1. The van der Waals surface area contributed by atoms with Crippen molar-refractivity contribution in [2.24, 2.45) is 5.92 Å². The summed E-state index contributed by atoms with van der Waals surface area (Å²) in [7, 11) is 0. The van der Waals surface area contributed by atoms with Gasteiger partial charge in [-0.25, -0.2) is 0 Å². The Kier molecular flexibility index (Phi) is 7.43. The fraction of sp³-hybridized carbons (Fsp3) is 0.500. The molecule has 8 nitrogen and oxygen atoms in total. The molecule has 0 bridgehead atoms. The first-order valence-electron chi connectivity index (χ1n) is 12.9. The number of rotatable bonds is 6. The lowest BCUT2D eigenvalue weighted by Crippen LogP contribution is -2.51. The van der Waals surface area contributed by atoms with Gasteiger partial charge in [0.25, 0.3) is 0 Å². The number of carbonyl (C=O) groups is 2. The van der Waals surface area contributed by atoms with Crippen molar-refractivity contribution in [1.82, 2.24) is 14.7 Å². The van der Waals surface area contributed by atoms with E-state index >= 15 is 0 Å². The maximum Gasteiger partial charge on any atom is 0.238 e. The maximum atomic E-state index is 13.2. The van der Waals surface area contributed by atoms with Gasteiger partial charge in [0.1, 0.15) is 0 Å². The van der Waals surface area contributed by atoms with Crippen LogP contribution in [0, 0.1) is 19.8 Å². The molecule has 3 aliphatic rings. The number of anilines is 1. The molecule has 0 saturated carbocycles. The molecule has 0 aromatic heterocycles. The Labute approximate surface area is 213 Å². The Morgan fingerprint density at radius 1 is 0.889 bits per heavy atom. The van der Waals surface area contributed by atoms with Gasteiger partial charge in [-0.1, -0.05) is 23.8 Å². The van der Waals surface area contributed by atoms with Gasteiger partial charge in [0.2, 0.25) is 18.6 Å². The first-order valence-corrected chi connectivity index (χ1v) is 12.9. The third-order valence-electron chi connectivity index (χ3n) is 7.49. The standard InChI is InChI=1S/C28H36N4O4/c1-20-3-5-24(21(2)15-20)29-27(33)18-30-9-7-23(8-10-30)28(34)32-13-11-31(12-14-32)17-22-4-6-25-26(16-22)36-19-35-25/h3-6,15-16,23H,7-14,17-19H2,1-2H3,(H,29,33). The summed E-state index contributed by atoms with van der Waals surface area (Å²) in [6.07, 6.45) is 1.63. The fourth-order valence-electron chi connectivity index (χ4n) is 5.37. The second-order valence-corrected chi connectivity index (χ2v) is 10.2. The zero-order chi connectivity index (χ0) is 25.1. The van der Waals surface area contributed by atoms with Gasteiger partial charge in [-0.15, -0.1) is 0 Å². The molecule has 0 unspecified atom stereocenters. The van der Waals surface area contributed by atoms with E-state index in [-0.39, 0.29) is 17.7 Å².